The van der Waals surface area contributed by atoms with E-state index in [9.17, 15) is 4.39 Å². The molecule has 0 amide bonds. The van der Waals surface area contributed by atoms with Crippen molar-refractivity contribution < 1.29 is 4.39 Å². The van der Waals surface area contributed by atoms with Gasteiger partial charge in [-0.15, -0.1) is 0 Å². The Morgan fingerprint density at radius 1 is 1.24 bits per heavy atom. The molecule has 0 saturated carbocycles. The van der Waals surface area contributed by atoms with Crippen LogP contribution in [0.15, 0.2) is 45.4 Å². The van der Waals surface area contributed by atoms with Gasteiger partial charge in [0.15, 0.2) is 5.16 Å². The highest BCUT2D eigenvalue weighted by atomic mass is 35.5. The molecular formula is C11H8ClFN2S2. The molecule has 2 aromatic rings. The zero-order valence-electron chi connectivity index (χ0n) is 8.85. The molecule has 2 nitrogen and oxygen atoms in total. The average molecular weight is 287 g/mol. The van der Waals surface area contributed by atoms with E-state index in [1.54, 1.807) is 12.1 Å². The van der Waals surface area contributed by atoms with Crippen LogP contribution in [-0.2, 0) is 0 Å². The summed E-state index contributed by atoms with van der Waals surface area (Å²) in [7, 11) is 0. The number of benzene rings is 1. The first-order valence-corrected chi connectivity index (χ1v) is 7.11. The Morgan fingerprint density at radius 3 is 2.76 bits per heavy atom. The van der Waals surface area contributed by atoms with Crippen LogP contribution in [0.25, 0.3) is 0 Å². The molecule has 1 aromatic heterocycles. The molecule has 2 rings (SSSR count). The summed E-state index contributed by atoms with van der Waals surface area (Å²) in [4.78, 5) is 9.11. The zero-order chi connectivity index (χ0) is 12.3. The molecule has 1 heterocycles. The molecule has 0 fully saturated rings. The summed E-state index contributed by atoms with van der Waals surface area (Å²) in [5, 5.41) is 1.71. The van der Waals surface area contributed by atoms with Crippen molar-refractivity contribution in [2.45, 2.75) is 15.1 Å². The van der Waals surface area contributed by atoms with Gasteiger partial charge in [0.25, 0.3) is 0 Å². The molecule has 0 N–H and O–H groups in total. The van der Waals surface area contributed by atoms with Crippen LogP contribution in [-0.4, -0.2) is 16.2 Å². The second-order valence-electron chi connectivity index (χ2n) is 3.08. The smallest absolute Gasteiger partial charge is 0.189 e. The van der Waals surface area contributed by atoms with Gasteiger partial charge in [0.2, 0.25) is 0 Å². The van der Waals surface area contributed by atoms with E-state index in [0.717, 1.165) is 4.90 Å². The highest BCUT2D eigenvalue weighted by Crippen LogP contribution is 2.29. The van der Waals surface area contributed by atoms with E-state index in [1.165, 1.54) is 35.7 Å². The van der Waals surface area contributed by atoms with Crippen LogP contribution in [0.2, 0.25) is 5.15 Å². The number of nitrogens with zero attached hydrogens (tertiary/aromatic N) is 2. The summed E-state index contributed by atoms with van der Waals surface area (Å²) < 4.78 is 13.0. The largest absolute Gasteiger partial charge is 0.216 e. The summed E-state index contributed by atoms with van der Waals surface area (Å²) in [6.07, 6.45) is 1.88. The van der Waals surface area contributed by atoms with Gasteiger partial charge in [0.05, 0.1) is 0 Å². The SMILES string of the molecule is CSc1nc(Cl)cc(Sc2cccc(F)c2)n1. The van der Waals surface area contributed by atoms with E-state index < -0.39 is 0 Å². The van der Waals surface area contributed by atoms with Crippen molar-refractivity contribution in [3.8, 4) is 0 Å². The van der Waals surface area contributed by atoms with Crippen molar-refractivity contribution >= 4 is 35.1 Å². The molecule has 0 aliphatic carbocycles. The first kappa shape index (κ1) is 12.7. The monoisotopic (exact) mass is 286 g/mol. The fraction of sp³-hybridized carbons (Fsp3) is 0.0909. The molecule has 6 heteroatoms. The lowest BCUT2D eigenvalue weighted by molar-refractivity contribution is 0.624. The van der Waals surface area contributed by atoms with E-state index in [2.05, 4.69) is 9.97 Å². The van der Waals surface area contributed by atoms with Gasteiger partial charge in [-0.1, -0.05) is 41.2 Å². The van der Waals surface area contributed by atoms with Crippen molar-refractivity contribution in [3.63, 3.8) is 0 Å². The molecule has 1 aromatic carbocycles. The Balaban J connectivity index is 2.26. The van der Waals surface area contributed by atoms with E-state index in [1.807, 2.05) is 12.3 Å². The Kier molecular flexibility index (Phi) is 4.25. The van der Waals surface area contributed by atoms with Gasteiger partial charge in [-0.05, 0) is 24.5 Å². The summed E-state index contributed by atoms with van der Waals surface area (Å²) in [5.41, 5.74) is 0. The normalized spacial score (nSPS) is 10.5. The number of hydrogen-bond acceptors (Lipinski definition) is 4. The lowest BCUT2D eigenvalue weighted by Gasteiger charge is -2.03. The number of aromatic nitrogens is 2. The molecular weight excluding hydrogens is 279 g/mol. The van der Waals surface area contributed by atoms with Crippen molar-refractivity contribution in [1.29, 1.82) is 0 Å². The maximum absolute atomic E-state index is 13.0. The standard InChI is InChI=1S/C11H8ClFN2S2/c1-16-11-14-9(12)6-10(15-11)17-8-4-2-3-7(13)5-8/h2-6H,1H3. The van der Waals surface area contributed by atoms with Crippen LogP contribution >= 0.6 is 35.1 Å². The van der Waals surface area contributed by atoms with Crippen LogP contribution < -0.4 is 0 Å². The maximum atomic E-state index is 13.0. The van der Waals surface area contributed by atoms with E-state index in [0.29, 0.717) is 15.3 Å². The van der Waals surface area contributed by atoms with Crippen LogP contribution in [0.1, 0.15) is 0 Å². The summed E-state index contributed by atoms with van der Waals surface area (Å²) >= 11 is 8.65. The van der Waals surface area contributed by atoms with Gasteiger partial charge in [0.1, 0.15) is 16.0 Å². The van der Waals surface area contributed by atoms with E-state index in [-0.39, 0.29) is 5.82 Å². The molecule has 0 saturated heterocycles. The minimum absolute atomic E-state index is 0.264. The van der Waals surface area contributed by atoms with E-state index >= 15 is 0 Å². The minimum atomic E-state index is -0.264. The quantitative estimate of drug-likeness (QED) is 0.481. The third-order valence-electron chi connectivity index (χ3n) is 1.85. The molecule has 0 radical (unpaired) electrons. The molecule has 0 atom stereocenters. The second-order valence-corrected chi connectivity index (χ2v) is 5.33. The van der Waals surface area contributed by atoms with Gasteiger partial charge >= 0.3 is 0 Å². The maximum Gasteiger partial charge on any atom is 0.189 e. The first-order valence-electron chi connectivity index (χ1n) is 4.69. The number of hydrogen-bond donors (Lipinski definition) is 0. The van der Waals surface area contributed by atoms with Gasteiger partial charge < -0.3 is 0 Å². The second kappa shape index (κ2) is 5.71. The fourth-order valence-corrected chi connectivity index (χ4v) is 2.77. The van der Waals surface area contributed by atoms with Crippen LogP contribution in [0, 0.1) is 5.82 Å². The predicted octanol–water partition coefficient (Wildman–Crippen LogP) is 4.14. The van der Waals surface area contributed by atoms with Crippen LogP contribution in [0.5, 0.6) is 0 Å². The molecule has 0 aliphatic heterocycles. The van der Waals surface area contributed by atoms with Gasteiger partial charge in [-0.25, -0.2) is 14.4 Å². The van der Waals surface area contributed by atoms with Gasteiger partial charge in [-0.3, -0.25) is 0 Å². The van der Waals surface area contributed by atoms with E-state index in [4.69, 9.17) is 11.6 Å². The Labute approximate surface area is 112 Å². The highest BCUT2D eigenvalue weighted by molar-refractivity contribution is 7.99. The molecule has 0 spiro atoms. The third-order valence-corrected chi connectivity index (χ3v) is 3.50. The first-order chi connectivity index (χ1) is 8.17. The Morgan fingerprint density at radius 2 is 2.06 bits per heavy atom. The number of halogens is 2. The topological polar surface area (TPSA) is 25.8 Å². The minimum Gasteiger partial charge on any atom is -0.216 e. The molecule has 0 aliphatic rings. The summed E-state index contributed by atoms with van der Waals surface area (Å²) in [6.45, 7) is 0. The zero-order valence-corrected chi connectivity index (χ0v) is 11.2. The summed E-state index contributed by atoms with van der Waals surface area (Å²) in [5.74, 6) is -0.264. The predicted molar refractivity (Wildman–Crippen MR) is 69.3 cm³/mol. The number of rotatable bonds is 3. The average Bonchev–Trinajstić information content (AvgIpc) is 2.28. The molecule has 88 valence electrons. The van der Waals surface area contributed by atoms with Crippen molar-refractivity contribution in [3.05, 3.63) is 41.3 Å². The van der Waals surface area contributed by atoms with Gasteiger partial charge in [0, 0.05) is 11.0 Å². The molecule has 0 bridgehead atoms. The number of thioether (sulfide) groups is 1. The Hall–Kier alpha value is -0.780. The fourth-order valence-electron chi connectivity index (χ4n) is 1.17. The summed E-state index contributed by atoms with van der Waals surface area (Å²) in [6, 6.07) is 8.01. The van der Waals surface area contributed by atoms with Gasteiger partial charge in [-0.2, -0.15) is 0 Å². The van der Waals surface area contributed by atoms with Crippen LogP contribution in [0.3, 0.4) is 0 Å². The lowest BCUT2D eigenvalue weighted by Crippen LogP contribution is -1.89. The van der Waals surface area contributed by atoms with Crippen molar-refractivity contribution in [1.82, 2.24) is 9.97 Å². The molecule has 17 heavy (non-hydrogen) atoms. The lowest BCUT2D eigenvalue weighted by atomic mass is 10.4. The highest BCUT2D eigenvalue weighted by Gasteiger charge is 2.05. The molecule has 0 unspecified atom stereocenters. The Bertz CT molecular complexity index is 537. The van der Waals surface area contributed by atoms with Crippen molar-refractivity contribution in [2.75, 3.05) is 6.26 Å². The van der Waals surface area contributed by atoms with Crippen LogP contribution in [0.4, 0.5) is 4.39 Å². The third kappa shape index (κ3) is 3.59. The van der Waals surface area contributed by atoms with Crippen molar-refractivity contribution in [2.24, 2.45) is 0 Å².